The normalized spacial score (nSPS) is 12.2. The molecule has 0 aliphatic rings. The molecule has 0 amide bonds. The molecule has 2 rings (SSSR count). The molecule has 1 aromatic carbocycles. The van der Waals surface area contributed by atoms with Crippen molar-refractivity contribution in [2.45, 2.75) is 19.9 Å². The maximum atomic E-state index is 5.37. The van der Waals surface area contributed by atoms with E-state index in [0.717, 1.165) is 34.9 Å². The third-order valence-corrected chi connectivity index (χ3v) is 3.70. The van der Waals surface area contributed by atoms with Gasteiger partial charge in [-0.25, -0.2) is 0 Å². The van der Waals surface area contributed by atoms with Gasteiger partial charge in [-0.3, -0.25) is 4.68 Å². The highest BCUT2D eigenvalue weighted by atomic mass is 16.5. The molecule has 0 fully saturated rings. The van der Waals surface area contributed by atoms with Crippen LogP contribution in [0.5, 0.6) is 11.5 Å². The number of hydrogen-bond acceptors (Lipinski definition) is 4. The summed E-state index contributed by atoms with van der Waals surface area (Å²) in [7, 11) is 5.28. The zero-order valence-corrected chi connectivity index (χ0v) is 13.3. The van der Waals surface area contributed by atoms with Gasteiger partial charge < -0.3 is 14.8 Å². The molecule has 0 saturated heterocycles. The molecular weight excluding hydrogens is 266 g/mol. The largest absolute Gasteiger partial charge is 0.497 e. The lowest BCUT2D eigenvalue weighted by Crippen LogP contribution is -2.22. The Balaban J connectivity index is 2.49. The third-order valence-electron chi connectivity index (χ3n) is 3.70. The van der Waals surface area contributed by atoms with Crippen LogP contribution in [0.2, 0.25) is 0 Å². The van der Waals surface area contributed by atoms with Crippen LogP contribution in [0.1, 0.15) is 29.8 Å². The maximum absolute atomic E-state index is 5.37. The summed E-state index contributed by atoms with van der Waals surface area (Å²) in [5.41, 5.74) is 3.40. The van der Waals surface area contributed by atoms with E-state index >= 15 is 0 Å². The molecule has 114 valence electrons. The van der Waals surface area contributed by atoms with Gasteiger partial charge in [0.25, 0.3) is 0 Å². The molecule has 5 nitrogen and oxygen atoms in total. The van der Waals surface area contributed by atoms with E-state index < -0.39 is 0 Å². The van der Waals surface area contributed by atoms with Gasteiger partial charge in [0.2, 0.25) is 0 Å². The molecule has 0 spiro atoms. The minimum absolute atomic E-state index is 0.0627. The van der Waals surface area contributed by atoms with Gasteiger partial charge in [-0.05, 0) is 31.2 Å². The van der Waals surface area contributed by atoms with Gasteiger partial charge in [0.1, 0.15) is 11.5 Å². The van der Waals surface area contributed by atoms with Crippen LogP contribution in [0, 0.1) is 6.92 Å². The van der Waals surface area contributed by atoms with Crippen molar-refractivity contribution >= 4 is 0 Å². The van der Waals surface area contributed by atoms with Crippen molar-refractivity contribution in [2.24, 2.45) is 7.05 Å². The Kier molecular flexibility index (Phi) is 4.85. The zero-order valence-electron chi connectivity index (χ0n) is 13.3. The summed E-state index contributed by atoms with van der Waals surface area (Å²) in [6.45, 7) is 5.03. The average molecular weight is 289 g/mol. The van der Waals surface area contributed by atoms with E-state index in [9.17, 15) is 0 Å². The summed E-state index contributed by atoms with van der Waals surface area (Å²) in [4.78, 5) is 0. The minimum Gasteiger partial charge on any atom is -0.497 e. The van der Waals surface area contributed by atoms with E-state index in [1.165, 1.54) is 0 Å². The molecule has 0 saturated carbocycles. The van der Waals surface area contributed by atoms with Crippen LogP contribution in [0.15, 0.2) is 24.4 Å². The Morgan fingerprint density at radius 2 is 1.81 bits per heavy atom. The summed E-state index contributed by atoms with van der Waals surface area (Å²) in [5.74, 6) is 1.57. The first-order chi connectivity index (χ1) is 10.1. The van der Waals surface area contributed by atoms with Gasteiger partial charge >= 0.3 is 0 Å². The first-order valence-corrected chi connectivity index (χ1v) is 7.05. The molecule has 0 bridgehead atoms. The fourth-order valence-electron chi connectivity index (χ4n) is 2.41. The molecule has 5 heteroatoms. The van der Waals surface area contributed by atoms with E-state index in [4.69, 9.17) is 9.47 Å². The van der Waals surface area contributed by atoms with Gasteiger partial charge in [-0.15, -0.1) is 0 Å². The van der Waals surface area contributed by atoms with Gasteiger partial charge in [-0.1, -0.05) is 6.92 Å². The Bertz CT molecular complexity index is 585. The fraction of sp³-hybridized carbons (Fsp3) is 0.438. The lowest BCUT2D eigenvalue weighted by atomic mass is 9.98. The summed E-state index contributed by atoms with van der Waals surface area (Å²) in [6, 6.07) is 6.00. The van der Waals surface area contributed by atoms with Crippen LogP contribution in [0.4, 0.5) is 0 Å². The van der Waals surface area contributed by atoms with Crippen LogP contribution in [0.25, 0.3) is 0 Å². The average Bonchev–Trinajstić information content (AvgIpc) is 2.84. The van der Waals surface area contributed by atoms with Crippen molar-refractivity contribution in [3.63, 3.8) is 0 Å². The summed E-state index contributed by atoms with van der Waals surface area (Å²) < 4.78 is 12.6. The highest BCUT2D eigenvalue weighted by Gasteiger charge is 2.19. The maximum Gasteiger partial charge on any atom is 0.122 e. The molecule has 1 unspecified atom stereocenters. The van der Waals surface area contributed by atoms with Crippen molar-refractivity contribution < 1.29 is 9.47 Å². The molecule has 1 N–H and O–H groups in total. The van der Waals surface area contributed by atoms with Crippen LogP contribution >= 0.6 is 0 Å². The van der Waals surface area contributed by atoms with Gasteiger partial charge in [-0.2, -0.15) is 5.10 Å². The van der Waals surface area contributed by atoms with Crippen molar-refractivity contribution in [1.82, 2.24) is 15.1 Å². The topological polar surface area (TPSA) is 48.3 Å². The Hall–Kier alpha value is -2.01. The lowest BCUT2D eigenvalue weighted by Gasteiger charge is -2.20. The molecule has 0 aliphatic carbocycles. The Morgan fingerprint density at radius 3 is 2.24 bits per heavy atom. The van der Waals surface area contributed by atoms with Crippen molar-refractivity contribution in [3.05, 3.63) is 41.2 Å². The highest BCUT2D eigenvalue weighted by Crippen LogP contribution is 2.31. The zero-order chi connectivity index (χ0) is 15.4. The second-order valence-corrected chi connectivity index (χ2v) is 4.95. The lowest BCUT2D eigenvalue weighted by molar-refractivity contribution is 0.392. The van der Waals surface area contributed by atoms with E-state index in [-0.39, 0.29) is 6.04 Å². The van der Waals surface area contributed by atoms with Crippen LogP contribution in [0.3, 0.4) is 0 Å². The summed E-state index contributed by atoms with van der Waals surface area (Å²) in [6.07, 6.45) is 1.91. The van der Waals surface area contributed by atoms with Crippen molar-refractivity contribution in [2.75, 3.05) is 20.8 Å². The standard InChI is InChI=1S/C16H23N3O2/c1-6-17-16(15-10-18-19(3)11(15)2)12-7-13(20-4)9-14(8-12)21-5/h7-10,16-17H,6H2,1-5H3. The highest BCUT2D eigenvalue weighted by molar-refractivity contribution is 5.43. The third kappa shape index (κ3) is 3.19. The predicted molar refractivity (Wildman–Crippen MR) is 83.0 cm³/mol. The fourth-order valence-corrected chi connectivity index (χ4v) is 2.41. The molecule has 0 aliphatic heterocycles. The van der Waals surface area contributed by atoms with Crippen molar-refractivity contribution in [1.29, 1.82) is 0 Å². The van der Waals surface area contributed by atoms with Crippen LogP contribution in [-0.2, 0) is 7.05 Å². The minimum atomic E-state index is 0.0627. The first-order valence-electron chi connectivity index (χ1n) is 7.05. The number of rotatable bonds is 6. The van der Waals surface area contributed by atoms with Gasteiger partial charge in [0.05, 0.1) is 26.5 Å². The number of hydrogen-bond donors (Lipinski definition) is 1. The second kappa shape index (κ2) is 6.63. The Morgan fingerprint density at radius 1 is 1.19 bits per heavy atom. The SMILES string of the molecule is CCNC(c1cc(OC)cc(OC)c1)c1cnn(C)c1C. The number of aromatic nitrogens is 2. The van der Waals surface area contributed by atoms with E-state index in [0.29, 0.717) is 0 Å². The number of nitrogens with zero attached hydrogens (tertiary/aromatic N) is 2. The smallest absolute Gasteiger partial charge is 0.122 e. The molecule has 1 aromatic heterocycles. The molecule has 21 heavy (non-hydrogen) atoms. The number of nitrogens with one attached hydrogen (secondary N) is 1. The van der Waals surface area contributed by atoms with E-state index in [2.05, 4.69) is 24.3 Å². The predicted octanol–water partition coefficient (Wildman–Crippen LogP) is 2.44. The Labute approximate surface area is 125 Å². The first kappa shape index (κ1) is 15.4. The van der Waals surface area contributed by atoms with Gasteiger partial charge in [0, 0.05) is 24.4 Å². The van der Waals surface area contributed by atoms with Crippen LogP contribution in [-0.4, -0.2) is 30.5 Å². The van der Waals surface area contributed by atoms with Crippen LogP contribution < -0.4 is 14.8 Å². The van der Waals surface area contributed by atoms with E-state index in [1.807, 2.05) is 36.1 Å². The monoisotopic (exact) mass is 289 g/mol. The van der Waals surface area contributed by atoms with Gasteiger partial charge in [0.15, 0.2) is 0 Å². The number of benzene rings is 1. The summed E-state index contributed by atoms with van der Waals surface area (Å²) in [5, 5.41) is 7.85. The molecule has 1 heterocycles. The van der Waals surface area contributed by atoms with Crippen molar-refractivity contribution in [3.8, 4) is 11.5 Å². The number of methoxy groups -OCH3 is 2. The molecule has 1 atom stereocenters. The quantitative estimate of drug-likeness (QED) is 0.887. The molecular formula is C16H23N3O2. The number of ether oxygens (including phenoxy) is 2. The number of aryl methyl sites for hydroxylation is 1. The molecule has 0 radical (unpaired) electrons. The van der Waals surface area contributed by atoms with E-state index in [1.54, 1.807) is 14.2 Å². The summed E-state index contributed by atoms with van der Waals surface area (Å²) >= 11 is 0. The second-order valence-electron chi connectivity index (χ2n) is 4.95. The molecule has 2 aromatic rings.